The van der Waals surface area contributed by atoms with Crippen molar-refractivity contribution in [2.45, 2.75) is 30.8 Å². The maximum Gasteiger partial charge on any atom is 0.238 e. The van der Waals surface area contributed by atoms with Crippen LogP contribution in [0.5, 0.6) is 0 Å². The molecule has 1 amide bonds. The Morgan fingerprint density at radius 3 is 2.61 bits per heavy atom. The lowest BCUT2D eigenvalue weighted by Gasteiger charge is -2.13. The summed E-state index contributed by atoms with van der Waals surface area (Å²) in [7, 11) is 0. The maximum absolute atomic E-state index is 14.5. The maximum atomic E-state index is 14.5. The molecule has 0 aliphatic heterocycles. The monoisotopic (exact) mass is 437 g/mol. The Hall–Kier alpha value is -3.46. The van der Waals surface area contributed by atoms with Gasteiger partial charge in [0.25, 0.3) is 0 Å². The van der Waals surface area contributed by atoms with Crippen LogP contribution in [0.15, 0.2) is 70.3 Å². The SMILES string of the molecule is Cc1cc(NC(=O)C(C)Sc2nnc(-c3ccccc3F)n2Cc2ccccc2)no1. The molecule has 7 nitrogen and oxygen atoms in total. The molecule has 0 aliphatic carbocycles. The highest BCUT2D eigenvalue weighted by atomic mass is 32.2. The predicted octanol–water partition coefficient (Wildman–Crippen LogP) is 4.55. The second kappa shape index (κ2) is 9.13. The largest absolute Gasteiger partial charge is 0.360 e. The molecular weight excluding hydrogens is 417 g/mol. The van der Waals surface area contributed by atoms with Gasteiger partial charge in [0.1, 0.15) is 11.6 Å². The van der Waals surface area contributed by atoms with Gasteiger partial charge in [-0.05, 0) is 31.5 Å². The van der Waals surface area contributed by atoms with Crippen molar-refractivity contribution < 1.29 is 13.7 Å². The van der Waals surface area contributed by atoms with Crippen molar-refractivity contribution in [2.75, 3.05) is 5.32 Å². The molecule has 4 aromatic rings. The zero-order valence-electron chi connectivity index (χ0n) is 16.9. The second-order valence-corrected chi connectivity index (χ2v) is 8.24. The van der Waals surface area contributed by atoms with Crippen molar-refractivity contribution in [3.63, 3.8) is 0 Å². The number of carbonyl (C=O) groups excluding carboxylic acids is 1. The van der Waals surface area contributed by atoms with Crippen LogP contribution in [0.1, 0.15) is 18.2 Å². The van der Waals surface area contributed by atoms with E-state index in [-0.39, 0.29) is 11.7 Å². The Morgan fingerprint density at radius 1 is 1.16 bits per heavy atom. The van der Waals surface area contributed by atoms with Gasteiger partial charge in [-0.3, -0.25) is 9.36 Å². The Balaban J connectivity index is 1.62. The molecular formula is C22H20FN5O2S. The zero-order valence-corrected chi connectivity index (χ0v) is 17.8. The third-order valence-corrected chi connectivity index (χ3v) is 5.63. The standard InChI is InChI=1S/C22H20FN5O2S/c1-14-12-19(27-30-14)24-21(29)15(2)31-22-26-25-20(17-10-6-7-11-18(17)23)28(22)13-16-8-4-3-5-9-16/h3-12,15H,13H2,1-2H3,(H,24,27,29). The van der Waals surface area contributed by atoms with Crippen LogP contribution in [-0.2, 0) is 11.3 Å². The summed E-state index contributed by atoms with van der Waals surface area (Å²) in [4.78, 5) is 12.6. The van der Waals surface area contributed by atoms with Crippen molar-refractivity contribution in [1.82, 2.24) is 19.9 Å². The molecule has 1 N–H and O–H groups in total. The van der Waals surface area contributed by atoms with Crippen LogP contribution >= 0.6 is 11.8 Å². The Bertz CT molecular complexity index is 1190. The van der Waals surface area contributed by atoms with Gasteiger partial charge in [0.05, 0.1) is 17.4 Å². The number of benzene rings is 2. The van der Waals surface area contributed by atoms with Crippen molar-refractivity contribution in [1.29, 1.82) is 0 Å². The summed E-state index contributed by atoms with van der Waals surface area (Å²) in [6.07, 6.45) is 0. The van der Waals surface area contributed by atoms with Gasteiger partial charge in [0.15, 0.2) is 16.8 Å². The van der Waals surface area contributed by atoms with E-state index >= 15 is 0 Å². The first-order valence-electron chi connectivity index (χ1n) is 9.64. The van der Waals surface area contributed by atoms with Crippen LogP contribution in [0.3, 0.4) is 0 Å². The molecule has 4 rings (SSSR count). The molecule has 31 heavy (non-hydrogen) atoms. The van der Waals surface area contributed by atoms with Gasteiger partial charge in [0, 0.05) is 6.07 Å². The molecule has 0 aliphatic rings. The van der Waals surface area contributed by atoms with Crippen molar-refractivity contribution >= 4 is 23.5 Å². The zero-order chi connectivity index (χ0) is 21.8. The molecule has 0 spiro atoms. The number of aryl methyl sites for hydroxylation is 1. The summed E-state index contributed by atoms with van der Waals surface area (Å²) in [5.74, 6) is 0.734. The number of nitrogens with one attached hydrogen (secondary N) is 1. The average Bonchev–Trinajstić information content (AvgIpc) is 3.35. The predicted molar refractivity (Wildman–Crippen MR) is 116 cm³/mol. The van der Waals surface area contributed by atoms with Gasteiger partial charge >= 0.3 is 0 Å². The normalized spacial score (nSPS) is 12.0. The number of anilines is 1. The average molecular weight is 438 g/mol. The van der Waals surface area contributed by atoms with E-state index in [9.17, 15) is 9.18 Å². The van der Waals surface area contributed by atoms with Gasteiger partial charge in [0.2, 0.25) is 5.91 Å². The Morgan fingerprint density at radius 2 is 1.90 bits per heavy atom. The number of rotatable bonds is 7. The summed E-state index contributed by atoms with van der Waals surface area (Å²) < 4.78 is 21.3. The molecule has 0 fully saturated rings. The minimum Gasteiger partial charge on any atom is -0.360 e. The third kappa shape index (κ3) is 4.83. The number of amides is 1. The fraction of sp³-hybridized carbons (Fsp3) is 0.182. The number of thioether (sulfide) groups is 1. The van der Waals surface area contributed by atoms with E-state index in [2.05, 4.69) is 20.7 Å². The molecule has 2 heterocycles. The molecule has 0 radical (unpaired) electrons. The molecule has 1 atom stereocenters. The van der Waals surface area contributed by atoms with Crippen LogP contribution in [0.2, 0.25) is 0 Å². The van der Waals surface area contributed by atoms with Gasteiger partial charge in [-0.25, -0.2) is 4.39 Å². The lowest BCUT2D eigenvalue weighted by atomic mass is 10.2. The van der Waals surface area contributed by atoms with E-state index in [1.54, 1.807) is 38.1 Å². The number of carbonyl (C=O) groups is 1. The highest BCUT2D eigenvalue weighted by Crippen LogP contribution is 2.29. The van der Waals surface area contributed by atoms with E-state index in [4.69, 9.17) is 4.52 Å². The molecule has 2 aromatic heterocycles. The quantitative estimate of drug-likeness (QED) is 0.427. The third-order valence-electron chi connectivity index (χ3n) is 4.55. The summed E-state index contributed by atoms with van der Waals surface area (Å²) >= 11 is 1.24. The van der Waals surface area contributed by atoms with Crippen LogP contribution in [0.25, 0.3) is 11.4 Å². The Kier molecular flexibility index (Phi) is 6.13. The van der Waals surface area contributed by atoms with Gasteiger partial charge in [-0.2, -0.15) is 0 Å². The minimum absolute atomic E-state index is 0.250. The molecule has 2 aromatic carbocycles. The van der Waals surface area contributed by atoms with E-state index < -0.39 is 5.25 Å². The first-order chi connectivity index (χ1) is 15.0. The van der Waals surface area contributed by atoms with E-state index in [1.165, 1.54) is 17.8 Å². The van der Waals surface area contributed by atoms with Crippen LogP contribution in [-0.4, -0.2) is 31.1 Å². The highest BCUT2D eigenvalue weighted by molar-refractivity contribution is 8.00. The number of halogens is 1. The fourth-order valence-electron chi connectivity index (χ4n) is 2.99. The van der Waals surface area contributed by atoms with Crippen LogP contribution < -0.4 is 5.32 Å². The summed E-state index contributed by atoms with van der Waals surface area (Å²) in [5, 5.41) is 15.0. The lowest BCUT2D eigenvalue weighted by molar-refractivity contribution is -0.115. The van der Waals surface area contributed by atoms with Crippen LogP contribution in [0, 0.1) is 12.7 Å². The van der Waals surface area contributed by atoms with Crippen molar-refractivity contribution in [3.05, 3.63) is 77.8 Å². The fourth-order valence-corrected chi connectivity index (χ4v) is 3.84. The van der Waals surface area contributed by atoms with Crippen molar-refractivity contribution in [3.8, 4) is 11.4 Å². The van der Waals surface area contributed by atoms with E-state index in [0.29, 0.717) is 34.7 Å². The van der Waals surface area contributed by atoms with Gasteiger partial charge < -0.3 is 9.84 Å². The van der Waals surface area contributed by atoms with Crippen molar-refractivity contribution in [2.24, 2.45) is 0 Å². The van der Waals surface area contributed by atoms with E-state index in [0.717, 1.165) is 5.56 Å². The second-order valence-electron chi connectivity index (χ2n) is 6.93. The smallest absolute Gasteiger partial charge is 0.238 e. The van der Waals surface area contributed by atoms with E-state index in [1.807, 2.05) is 34.9 Å². The first-order valence-corrected chi connectivity index (χ1v) is 10.5. The minimum atomic E-state index is -0.496. The number of hydrogen-bond donors (Lipinski definition) is 1. The molecule has 0 saturated carbocycles. The number of aromatic nitrogens is 4. The summed E-state index contributed by atoms with van der Waals surface area (Å²) in [6, 6.07) is 17.8. The molecule has 1 unspecified atom stereocenters. The first kappa shape index (κ1) is 20.8. The van der Waals surface area contributed by atoms with Crippen LogP contribution in [0.4, 0.5) is 10.2 Å². The molecule has 158 valence electrons. The summed E-state index contributed by atoms with van der Waals surface area (Å²) in [6.45, 7) is 3.95. The molecule has 0 saturated heterocycles. The lowest BCUT2D eigenvalue weighted by Crippen LogP contribution is -2.23. The topological polar surface area (TPSA) is 85.8 Å². The summed E-state index contributed by atoms with van der Waals surface area (Å²) in [5.41, 5.74) is 1.37. The van der Waals surface area contributed by atoms with Gasteiger partial charge in [-0.1, -0.05) is 59.4 Å². The molecule has 0 bridgehead atoms. The molecule has 9 heteroatoms. The van der Waals surface area contributed by atoms with Gasteiger partial charge in [-0.15, -0.1) is 10.2 Å². The Labute approximate surface area is 182 Å². The number of hydrogen-bond acceptors (Lipinski definition) is 6. The highest BCUT2D eigenvalue weighted by Gasteiger charge is 2.23. The number of nitrogens with zero attached hydrogens (tertiary/aromatic N) is 4.